The van der Waals surface area contributed by atoms with Gasteiger partial charge in [-0.2, -0.15) is 0 Å². The van der Waals surface area contributed by atoms with Gasteiger partial charge in [0.1, 0.15) is 0 Å². The molecule has 6 heteroatoms. The van der Waals surface area contributed by atoms with Gasteiger partial charge in [-0.1, -0.05) is 18.2 Å². The lowest BCUT2D eigenvalue weighted by Crippen LogP contribution is -2.25. The number of nitrogens with two attached hydrogens (primary N) is 1. The lowest BCUT2D eigenvalue weighted by atomic mass is 10.2. The normalized spacial score (nSPS) is 11.4. The van der Waals surface area contributed by atoms with Gasteiger partial charge in [0, 0.05) is 13.0 Å². The maximum absolute atomic E-state index is 12.0. The molecule has 0 heterocycles. The van der Waals surface area contributed by atoms with Crippen LogP contribution in [0.15, 0.2) is 29.2 Å². The first kappa shape index (κ1) is 14.7. The predicted molar refractivity (Wildman–Crippen MR) is 72.1 cm³/mol. The van der Waals surface area contributed by atoms with Crippen LogP contribution in [-0.2, 0) is 10.0 Å². The first-order chi connectivity index (χ1) is 8.43. The van der Waals surface area contributed by atoms with E-state index in [0.29, 0.717) is 30.7 Å². The fraction of sp³-hybridized carbons (Fsp3) is 0.417. The minimum Gasteiger partial charge on any atom is -0.388 e. The summed E-state index contributed by atoms with van der Waals surface area (Å²) in [6.45, 7) is 2.13. The first-order valence-corrected chi connectivity index (χ1v) is 7.30. The summed E-state index contributed by atoms with van der Waals surface area (Å²) >= 11 is 0. The second-order valence-corrected chi connectivity index (χ2v) is 5.88. The number of nitrogens with one attached hydrogen (secondary N) is 2. The van der Waals surface area contributed by atoms with Crippen LogP contribution < -0.4 is 10.5 Å². The van der Waals surface area contributed by atoms with Crippen LogP contribution in [0.4, 0.5) is 0 Å². The molecule has 0 aliphatic carbocycles. The predicted octanol–water partition coefficient (Wildman–Crippen LogP) is 1.38. The smallest absolute Gasteiger partial charge is 0.240 e. The maximum Gasteiger partial charge on any atom is 0.240 e. The number of aryl methyl sites for hydroxylation is 1. The van der Waals surface area contributed by atoms with E-state index in [2.05, 4.69) is 4.72 Å². The molecule has 4 N–H and O–H groups in total. The van der Waals surface area contributed by atoms with Gasteiger partial charge in [0.2, 0.25) is 10.0 Å². The van der Waals surface area contributed by atoms with Gasteiger partial charge in [-0.3, -0.25) is 5.41 Å². The van der Waals surface area contributed by atoms with Gasteiger partial charge in [0.15, 0.2) is 0 Å². The Morgan fingerprint density at radius 2 is 2.00 bits per heavy atom. The molecule has 5 nitrogen and oxygen atoms in total. The van der Waals surface area contributed by atoms with Gasteiger partial charge < -0.3 is 5.73 Å². The van der Waals surface area contributed by atoms with Crippen molar-refractivity contribution < 1.29 is 8.42 Å². The van der Waals surface area contributed by atoms with Gasteiger partial charge in [-0.25, -0.2) is 13.1 Å². The molecule has 0 bridgehead atoms. The van der Waals surface area contributed by atoms with Crippen LogP contribution in [0.3, 0.4) is 0 Å². The Balaban J connectivity index is 2.51. The molecule has 18 heavy (non-hydrogen) atoms. The van der Waals surface area contributed by atoms with Crippen LogP contribution in [0.5, 0.6) is 0 Å². The average Bonchev–Trinajstić information content (AvgIpc) is 2.28. The van der Waals surface area contributed by atoms with E-state index >= 15 is 0 Å². The van der Waals surface area contributed by atoms with E-state index in [1.165, 1.54) is 0 Å². The zero-order valence-electron chi connectivity index (χ0n) is 10.4. The highest BCUT2D eigenvalue weighted by Crippen LogP contribution is 2.13. The Bertz CT molecular complexity index is 512. The number of hydrogen-bond acceptors (Lipinski definition) is 3. The van der Waals surface area contributed by atoms with Crippen molar-refractivity contribution in [2.45, 2.75) is 31.1 Å². The SMILES string of the molecule is Cc1ccccc1S(=O)(=O)NCCCCC(=N)N. The molecule has 100 valence electrons. The average molecular weight is 269 g/mol. The largest absolute Gasteiger partial charge is 0.388 e. The van der Waals surface area contributed by atoms with E-state index < -0.39 is 10.0 Å². The molecule has 0 saturated carbocycles. The molecule has 0 aromatic heterocycles. The maximum atomic E-state index is 12.0. The number of sulfonamides is 1. The molecular formula is C12H19N3O2S. The van der Waals surface area contributed by atoms with E-state index in [9.17, 15) is 8.42 Å². The van der Waals surface area contributed by atoms with Crippen LogP contribution in [0.25, 0.3) is 0 Å². The summed E-state index contributed by atoms with van der Waals surface area (Å²) in [4.78, 5) is 0.316. The van der Waals surface area contributed by atoms with Gasteiger partial charge >= 0.3 is 0 Å². The molecule has 0 aliphatic rings. The van der Waals surface area contributed by atoms with Crippen LogP contribution in [0.1, 0.15) is 24.8 Å². The fourth-order valence-corrected chi connectivity index (χ4v) is 2.90. The Morgan fingerprint density at radius 1 is 1.33 bits per heavy atom. The van der Waals surface area contributed by atoms with E-state index in [-0.39, 0.29) is 5.84 Å². The van der Waals surface area contributed by atoms with E-state index in [0.717, 1.165) is 5.56 Å². The van der Waals surface area contributed by atoms with Crippen molar-refractivity contribution in [3.8, 4) is 0 Å². The highest BCUT2D eigenvalue weighted by atomic mass is 32.2. The second-order valence-electron chi connectivity index (χ2n) is 4.15. The Kier molecular flexibility index (Phi) is 5.30. The number of hydrogen-bond donors (Lipinski definition) is 3. The minimum atomic E-state index is -3.43. The Hall–Kier alpha value is -1.40. The lowest BCUT2D eigenvalue weighted by molar-refractivity contribution is 0.577. The molecular weight excluding hydrogens is 250 g/mol. The van der Waals surface area contributed by atoms with Crippen molar-refractivity contribution in [3.05, 3.63) is 29.8 Å². The van der Waals surface area contributed by atoms with Gasteiger partial charge in [0.25, 0.3) is 0 Å². The standard InChI is InChI=1S/C12H19N3O2S/c1-10-6-2-3-7-11(10)18(16,17)15-9-5-4-8-12(13)14/h2-3,6-7,15H,4-5,8-9H2,1H3,(H3,13,14). The van der Waals surface area contributed by atoms with Gasteiger partial charge in [-0.05, 0) is 31.4 Å². The van der Waals surface area contributed by atoms with Crippen molar-refractivity contribution in [1.82, 2.24) is 4.72 Å². The zero-order valence-corrected chi connectivity index (χ0v) is 11.3. The number of unbranched alkanes of at least 4 members (excludes halogenated alkanes) is 1. The summed E-state index contributed by atoms with van der Waals surface area (Å²) < 4.78 is 26.5. The summed E-state index contributed by atoms with van der Waals surface area (Å²) in [5.74, 6) is 0.136. The molecule has 0 aliphatic heterocycles. The van der Waals surface area contributed by atoms with Crippen LogP contribution >= 0.6 is 0 Å². The molecule has 0 saturated heterocycles. The summed E-state index contributed by atoms with van der Waals surface area (Å²) in [6, 6.07) is 6.87. The van der Waals surface area contributed by atoms with Crippen LogP contribution in [0.2, 0.25) is 0 Å². The van der Waals surface area contributed by atoms with E-state index in [1.54, 1.807) is 31.2 Å². The molecule has 0 unspecified atom stereocenters. The minimum absolute atomic E-state index is 0.136. The molecule has 0 atom stereocenters. The third-order valence-corrected chi connectivity index (χ3v) is 4.17. The van der Waals surface area contributed by atoms with Gasteiger partial charge in [-0.15, -0.1) is 0 Å². The molecule has 1 aromatic rings. The Labute approximate surface area is 108 Å². The quantitative estimate of drug-likeness (QED) is 0.396. The first-order valence-electron chi connectivity index (χ1n) is 5.81. The van der Waals surface area contributed by atoms with Crippen LogP contribution in [-0.4, -0.2) is 20.8 Å². The molecule has 0 spiro atoms. The van der Waals surface area contributed by atoms with Crippen molar-refractivity contribution in [3.63, 3.8) is 0 Å². The lowest BCUT2D eigenvalue weighted by Gasteiger charge is -2.08. The summed E-state index contributed by atoms with van der Waals surface area (Å²) in [6.07, 6.45) is 1.89. The number of rotatable bonds is 7. The second kappa shape index (κ2) is 6.51. The fourth-order valence-electron chi connectivity index (χ4n) is 1.58. The molecule has 0 radical (unpaired) electrons. The molecule has 1 rings (SSSR count). The Morgan fingerprint density at radius 3 is 2.61 bits per heavy atom. The molecule has 1 aromatic carbocycles. The van der Waals surface area contributed by atoms with E-state index in [1.807, 2.05) is 0 Å². The summed E-state index contributed by atoms with van der Waals surface area (Å²) in [7, 11) is -3.43. The van der Waals surface area contributed by atoms with Crippen molar-refractivity contribution in [2.75, 3.05) is 6.54 Å². The van der Waals surface area contributed by atoms with Crippen LogP contribution in [0, 0.1) is 12.3 Å². The van der Waals surface area contributed by atoms with Crippen molar-refractivity contribution >= 4 is 15.9 Å². The van der Waals surface area contributed by atoms with Crippen molar-refractivity contribution in [2.24, 2.45) is 5.73 Å². The van der Waals surface area contributed by atoms with Gasteiger partial charge in [0.05, 0.1) is 10.7 Å². The third kappa shape index (κ3) is 4.46. The molecule has 0 fully saturated rings. The van der Waals surface area contributed by atoms with E-state index in [4.69, 9.17) is 11.1 Å². The zero-order chi connectivity index (χ0) is 13.6. The number of amidine groups is 1. The highest BCUT2D eigenvalue weighted by Gasteiger charge is 2.14. The topological polar surface area (TPSA) is 96.0 Å². The third-order valence-electron chi connectivity index (χ3n) is 2.55. The highest BCUT2D eigenvalue weighted by molar-refractivity contribution is 7.89. The van der Waals surface area contributed by atoms with Crippen molar-refractivity contribution in [1.29, 1.82) is 5.41 Å². The number of benzene rings is 1. The summed E-state index contributed by atoms with van der Waals surface area (Å²) in [5, 5.41) is 7.05. The molecule has 0 amide bonds. The monoisotopic (exact) mass is 269 g/mol. The summed E-state index contributed by atoms with van der Waals surface area (Å²) in [5.41, 5.74) is 5.95.